The molecule has 0 amide bonds. The molecular formula is C9H14N2O4S2. The van der Waals surface area contributed by atoms with Crippen molar-refractivity contribution >= 4 is 27.3 Å². The van der Waals surface area contributed by atoms with Crippen LogP contribution in [0.5, 0.6) is 0 Å². The van der Waals surface area contributed by atoms with E-state index in [1.165, 1.54) is 18.4 Å². The standard InChI is InChI=1S/C9H14N2O4S2/c1-15-9(12)3-2-4-17(13,14)11-6-8-5-10-7-16-8/h5,7,11H,2-4,6H2,1H3. The fraction of sp³-hybridized carbons (Fsp3) is 0.556. The van der Waals surface area contributed by atoms with E-state index in [4.69, 9.17) is 0 Å². The van der Waals surface area contributed by atoms with E-state index in [1.807, 2.05) is 0 Å². The molecule has 0 aromatic carbocycles. The van der Waals surface area contributed by atoms with Crippen molar-refractivity contribution in [3.63, 3.8) is 0 Å². The maximum Gasteiger partial charge on any atom is 0.305 e. The molecular weight excluding hydrogens is 264 g/mol. The first-order chi connectivity index (χ1) is 8.03. The third-order valence-electron chi connectivity index (χ3n) is 1.97. The number of nitrogens with zero attached hydrogens (tertiary/aromatic N) is 1. The SMILES string of the molecule is COC(=O)CCCS(=O)(=O)NCc1cncs1. The largest absolute Gasteiger partial charge is 0.469 e. The van der Waals surface area contributed by atoms with Crippen molar-refractivity contribution in [1.29, 1.82) is 0 Å². The predicted octanol–water partition coefficient (Wildman–Crippen LogP) is 0.516. The summed E-state index contributed by atoms with van der Waals surface area (Å²) >= 11 is 1.38. The molecule has 1 aromatic rings. The summed E-state index contributed by atoms with van der Waals surface area (Å²) in [6.07, 6.45) is 1.98. The van der Waals surface area contributed by atoms with Crippen LogP contribution in [0.2, 0.25) is 0 Å². The molecule has 0 fully saturated rings. The maximum absolute atomic E-state index is 11.5. The van der Waals surface area contributed by atoms with Crippen molar-refractivity contribution in [2.45, 2.75) is 19.4 Å². The first kappa shape index (κ1) is 14.1. The van der Waals surface area contributed by atoms with Crippen LogP contribution in [0.4, 0.5) is 0 Å². The van der Waals surface area contributed by atoms with Gasteiger partial charge in [0, 0.05) is 24.0 Å². The molecule has 0 atom stereocenters. The average Bonchev–Trinajstić information content (AvgIpc) is 2.79. The quantitative estimate of drug-likeness (QED) is 0.735. The number of hydrogen-bond donors (Lipinski definition) is 1. The van der Waals surface area contributed by atoms with Gasteiger partial charge in [0.25, 0.3) is 0 Å². The monoisotopic (exact) mass is 278 g/mol. The molecule has 0 unspecified atom stereocenters. The van der Waals surface area contributed by atoms with Gasteiger partial charge >= 0.3 is 5.97 Å². The third kappa shape index (κ3) is 5.76. The van der Waals surface area contributed by atoms with Crippen molar-refractivity contribution in [2.75, 3.05) is 12.9 Å². The summed E-state index contributed by atoms with van der Waals surface area (Å²) in [6, 6.07) is 0. The second kappa shape index (κ2) is 6.67. The van der Waals surface area contributed by atoms with Crippen molar-refractivity contribution in [3.8, 4) is 0 Å². The van der Waals surface area contributed by atoms with Crippen LogP contribution in [0.1, 0.15) is 17.7 Å². The van der Waals surface area contributed by atoms with Crippen LogP contribution in [0, 0.1) is 0 Å². The Labute approximate surface area is 104 Å². The van der Waals surface area contributed by atoms with Gasteiger partial charge in [0.05, 0.1) is 18.4 Å². The molecule has 8 heteroatoms. The van der Waals surface area contributed by atoms with E-state index < -0.39 is 16.0 Å². The fourth-order valence-electron chi connectivity index (χ4n) is 1.09. The number of ether oxygens (including phenoxy) is 1. The van der Waals surface area contributed by atoms with E-state index in [-0.39, 0.29) is 25.1 Å². The first-order valence-corrected chi connectivity index (χ1v) is 7.48. The van der Waals surface area contributed by atoms with Crippen molar-refractivity contribution in [1.82, 2.24) is 9.71 Å². The smallest absolute Gasteiger partial charge is 0.305 e. The number of sulfonamides is 1. The Morgan fingerprint density at radius 1 is 1.59 bits per heavy atom. The van der Waals surface area contributed by atoms with E-state index >= 15 is 0 Å². The molecule has 17 heavy (non-hydrogen) atoms. The number of nitrogens with one attached hydrogen (secondary N) is 1. The van der Waals surface area contributed by atoms with E-state index in [2.05, 4.69) is 14.4 Å². The number of carbonyl (C=O) groups is 1. The number of rotatable bonds is 7. The molecule has 0 aliphatic heterocycles. The zero-order chi connectivity index (χ0) is 12.7. The Hall–Kier alpha value is -0.990. The minimum Gasteiger partial charge on any atom is -0.469 e. The van der Waals surface area contributed by atoms with Crippen molar-refractivity contribution < 1.29 is 17.9 Å². The van der Waals surface area contributed by atoms with Crippen LogP contribution < -0.4 is 4.72 Å². The lowest BCUT2D eigenvalue weighted by Crippen LogP contribution is -2.26. The Morgan fingerprint density at radius 3 is 2.94 bits per heavy atom. The molecule has 0 radical (unpaired) electrons. The van der Waals surface area contributed by atoms with Gasteiger partial charge in [0.15, 0.2) is 0 Å². The summed E-state index contributed by atoms with van der Waals surface area (Å²) < 4.78 is 29.9. The van der Waals surface area contributed by atoms with Gasteiger partial charge in [-0.2, -0.15) is 0 Å². The van der Waals surface area contributed by atoms with Gasteiger partial charge in [-0.05, 0) is 6.42 Å². The number of hydrogen-bond acceptors (Lipinski definition) is 6. The molecule has 1 aromatic heterocycles. The van der Waals surface area contributed by atoms with Crippen LogP contribution in [-0.4, -0.2) is 32.2 Å². The molecule has 1 heterocycles. The zero-order valence-corrected chi connectivity index (χ0v) is 11.0. The van der Waals surface area contributed by atoms with E-state index in [0.29, 0.717) is 0 Å². The van der Waals surface area contributed by atoms with Gasteiger partial charge in [-0.1, -0.05) is 0 Å². The van der Waals surface area contributed by atoms with E-state index in [1.54, 1.807) is 11.7 Å². The van der Waals surface area contributed by atoms with Crippen molar-refractivity contribution in [2.24, 2.45) is 0 Å². The molecule has 6 nitrogen and oxygen atoms in total. The Balaban J connectivity index is 2.29. The van der Waals surface area contributed by atoms with Crippen molar-refractivity contribution in [3.05, 3.63) is 16.6 Å². The lowest BCUT2D eigenvalue weighted by Gasteiger charge is -2.04. The minimum atomic E-state index is -3.34. The highest BCUT2D eigenvalue weighted by Gasteiger charge is 2.11. The molecule has 0 spiro atoms. The number of carbonyl (C=O) groups excluding carboxylic acids is 1. The molecule has 1 N–H and O–H groups in total. The number of methoxy groups -OCH3 is 1. The highest BCUT2D eigenvalue weighted by molar-refractivity contribution is 7.89. The number of esters is 1. The summed E-state index contributed by atoms with van der Waals surface area (Å²) in [5.41, 5.74) is 1.64. The number of aromatic nitrogens is 1. The summed E-state index contributed by atoms with van der Waals surface area (Å²) in [7, 11) is -2.06. The zero-order valence-electron chi connectivity index (χ0n) is 9.38. The van der Waals surface area contributed by atoms with E-state index in [0.717, 1.165) is 4.88 Å². The Morgan fingerprint density at radius 2 is 2.35 bits per heavy atom. The van der Waals surface area contributed by atoms with Gasteiger partial charge in [-0.25, -0.2) is 13.1 Å². The molecule has 0 saturated carbocycles. The molecule has 0 aliphatic rings. The summed E-state index contributed by atoms with van der Waals surface area (Å²) in [4.78, 5) is 15.5. The topological polar surface area (TPSA) is 85.4 Å². The van der Waals surface area contributed by atoms with Crippen LogP contribution >= 0.6 is 11.3 Å². The van der Waals surface area contributed by atoms with Gasteiger partial charge in [-0.15, -0.1) is 11.3 Å². The van der Waals surface area contributed by atoms with Gasteiger partial charge in [0.1, 0.15) is 0 Å². The van der Waals surface area contributed by atoms with Gasteiger partial charge in [0.2, 0.25) is 10.0 Å². The summed E-state index contributed by atoms with van der Waals surface area (Å²) in [5.74, 6) is -0.483. The second-order valence-electron chi connectivity index (χ2n) is 3.29. The lowest BCUT2D eigenvalue weighted by molar-refractivity contribution is -0.140. The van der Waals surface area contributed by atoms with Crippen LogP contribution in [-0.2, 0) is 26.1 Å². The highest BCUT2D eigenvalue weighted by atomic mass is 32.2. The second-order valence-corrected chi connectivity index (χ2v) is 6.18. The summed E-state index contributed by atoms with van der Waals surface area (Å²) in [6.45, 7) is 0.241. The first-order valence-electron chi connectivity index (χ1n) is 4.95. The molecule has 0 bridgehead atoms. The molecule has 0 saturated heterocycles. The Kier molecular flexibility index (Phi) is 5.52. The highest BCUT2D eigenvalue weighted by Crippen LogP contribution is 2.05. The Bertz CT molecular complexity index is 442. The van der Waals surface area contributed by atoms with Gasteiger partial charge in [-0.3, -0.25) is 9.78 Å². The molecule has 0 aliphatic carbocycles. The number of thiazole rings is 1. The lowest BCUT2D eigenvalue weighted by atomic mass is 10.3. The van der Waals surface area contributed by atoms with Crippen LogP contribution in [0.15, 0.2) is 11.7 Å². The maximum atomic E-state index is 11.5. The normalized spacial score (nSPS) is 11.4. The fourth-order valence-corrected chi connectivity index (χ4v) is 2.76. The average molecular weight is 278 g/mol. The minimum absolute atomic E-state index is 0.0824. The third-order valence-corrected chi connectivity index (χ3v) is 4.16. The van der Waals surface area contributed by atoms with E-state index in [9.17, 15) is 13.2 Å². The summed E-state index contributed by atoms with van der Waals surface area (Å²) in [5, 5.41) is 0. The van der Waals surface area contributed by atoms with Crippen LogP contribution in [0.3, 0.4) is 0 Å². The van der Waals surface area contributed by atoms with Gasteiger partial charge < -0.3 is 4.74 Å². The predicted molar refractivity (Wildman–Crippen MR) is 64.0 cm³/mol. The van der Waals surface area contributed by atoms with Crippen LogP contribution in [0.25, 0.3) is 0 Å². The molecule has 96 valence electrons. The molecule has 1 rings (SSSR count).